The standard InChI is InChI=1S/C15H18F3NO3/c16-15(17,18)13-6-5-11(8-19-13)7-12(14(20)21)22-9-10-3-1-2-4-10/h5-6,8,10,12H,1-4,7,9H2,(H,20,21). The van der Waals surface area contributed by atoms with Crippen molar-refractivity contribution in [2.45, 2.75) is 44.4 Å². The Morgan fingerprint density at radius 2 is 2.05 bits per heavy atom. The second-order valence-corrected chi connectivity index (χ2v) is 5.56. The lowest BCUT2D eigenvalue weighted by Gasteiger charge is -2.17. The Balaban J connectivity index is 1.93. The van der Waals surface area contributed by atoms with Gasteiger partial charge in [0.25, 0.3) is 0 Å². The smallest absolute Gasteiger partial charge is 0.433 e. The summed E-state index contributed by atoms with van der Waals surface area (Å²) in [6.45, 7) is 0.380. The first-order chi connectivity index (χ1) is 10.4. The van der Waals surface area contributed by atoms with Gasteiger partial charge in [-0.15, -0.1) is 0 Å². The molecule has 0 aromatic carbocycles. The monoisotopic (exact) mass is 317 g/mol. The number of halogens is 3. The number of rotatable bonds is 6. The number of hydrogen-bond donors (Lipinski definition) is 1. The molecule has 1 aliphatic rings. The van der Waals surface area contributed by atoms with Gasteiger partial charge in [-0.1, -0.05) is 18.9 Å². The number of carboxylic acid groups (broad SMARTS) is 1. The highest BCUT2D eigenvalue weighted by atomic mass is 19.4. The molecule has 22 heavy (non-hydrogen) atoms. The van der Waals surface area contributed by atoms with Crippen LogP contribution in [0.1, 0.15) is 36.9 Å². The summed E-state index contributed by atoms with van der Waals surface area (Å²) in [5.41, 5.74) is -0.582. The Morgan fingerprint density at radius 1 is 1.36 bits per heavy atom. The van der Waals surface area contributed by atoms with Gasteiger partial charge in [0.15, 0.2) is 6.10 Å². The number of nitrogens with zero attached hydrogens (tertiary/aromatic N) is 1. The molecule has 1 fully saturated rings. The van der Waals surface area contributed by atoms with Gasteiger partial charge in [0.05, 0.1) is 6.61 Å². The highest BCUT2D eigenvalue weighted by Gasteiger charge is 2.32. The molecule has 0 bridgehead atoms. The molecule has 1 aromatic rings. The Labute approximate surface area is 126 Å². The maximum atomic E-state index is 12.4. The fourth-order valence-electron chi connectivity index (χ4n) is 2.57. The molecular formula is C15H18F3NO3. The number of aliphatic carboxylic acids is 1. The number of carboxylic acids is 1. The van der Waals surface area contributed by atoms with E-state index in [1.54, 1.807) is 0 Å². The third kappa shape index (κ3) is 4.69. The molecule has 0 radical (unpaired) electrons. The number of carbonyl (C=O) groups is 1. The quantitative estimate of drug-likeness (QED) is 0.874. The SMILES string of the molecule is O=C(O)C(Cc1ccc(C(F)(F)F)nc1)OCC1CCCC1. The van der Waals surface area contributed by atoms with E-state index in [-0.39, 0.29) is 6.42 Å². The molecule has 122 valence electrons. The van der Waals surface area contributed by atoms with Crippen molar-refractivity contribution in [3.63, 3.8) is 0 Å². The number of pyridine rings is 1. The van der Waals surface area contributed by atoms with E-state index < -0.39 is 23.9 Å². The van der Waals surface area contributed by atoms with Crippen LogP contribution in [0.2, 0.25) is 0 Å². The third-order valence-electron chi connectivity index (χ3n) is 3.82. The largest absolute Gasteiger partial charge is 0.479 e. The van der Waals surface area contributed by atoms with Gasteiger partial charge in [0.1, 0.15) is 5.69 Å². The summed E-state index contributed by atoms with van der Waals surface area (Å²) in [4.78, 5) is 14.5. The maximum Gasteiger partial charge on any atom is 0.433 e. The lowest BCUT2D eigenvalue weighted by molar-refractivity contribution is -0.151. The van der Waals surface area contributed by atoms with Gasteiger partial charge in [0, 0.05) is 12.6 Å². The first kappa shape index (κ1) is 16.7. The van der Waals surface area contributed by atoms with Gasteiger partial charge >= 0.3 is 12.1 Å². The Bertz CT molecular complexity index is 496. The van der Waals surface area contributed by atoms with Crippen LogP contribution in [-0.4, -0.2) is 28.8 Å². The molecule has 1 saturated carbocycles. The zero-order valence-electron chi connectivity index (χ0n) is 12.0. The fourth-order valence-corrected chi connectivity index (χ4v) is 2.57. The van der Waals surface area contributed by atoms with Crippen LogP contribution >= 0.6 is 0 Å². The van der Waals surface area contributed by atoms with E-state index in [0.717, 1.165) is 37.9 Å². The Morgan fingerprint density at radius 3 is 2.55 bits per heavy atom. The average Bonchev–Trinajstić information content (AvgIpc) is 2.96. The van der Waals surface area contributed by atoms with E-state index in [9.17, 15) is 18.0 Å². The molecule has 0 spiro atoms. The molecular weight excluding hydrogens is 299 g/mol. The van der Waals surface area contributed by atoms with Crippen LogP contribution in [0.3, 0.4) is 0 Å². The predicted molar refractivity (Wildman–Crippen MR) is 72.3 cm³/mol. The minimum Gasteiger partial charge on any atom is -0.479 e. The molecule has 1 N–H and O–H groups in total. The maximum absolute atomic E-state index is 12.4. The summed E-state index contributed by atoms with van der Waals surface area (Å²) in [5.74, 6) is -0.731. The van der Waals surface area contributed by atoms with Crippen molar-refractivity contribution in [1.29, 1.82) is 0 Å². The molecule has 7 heteroatoms. The van der Waals surface area contributed by atoms with Gasteiger partial charge in [-0.25, -0.2) is 4.79 Å². The lowest BCUT2D eigenvalue weighted by Crippen LogP contribution is -2.28. The number of ether oxygens (including phenoxy) is 1. The van der Waals surface area contributed by atoms with Crippen LogP contribution in [0.25, 0.3) is 0 Å². The first-order valence-corrected chi connectivity index (χ1v) is 7.23. The molecule has 1 unspecified atom stereocenters. The van der Waals surface area contributed by atoms with Crippen molar-refractivity contribution in [2.24, 2.45) is 5.92 Å². The molecule has 2 rings (SSSR count). The second-order valence-electron chi connectivity index (χ2n) is 5.56. The van der Waals surface area contributed by atoms with Gasteiger partial charge in [0.2, 0.25) is 0 Å². The second kappa shape index (κ2) is 7.09. The zero-order valence-corrected chi connectivity index (χ0v) is 12.0. The van der Waals surface area contributed by atoms with Crippen molar-refractivity contribution >= 4 is 5.97 Å². The number of hydrogen-bond acceptors (Lipinski definition) is 3. The van der Waals surface area contributed by atoms with Gasteiger partial charge in [-0.3, -0.25) is 4.98 Å². The van der Waals surface area contributed by atoms with Crippen LogP contribution in [0, 0.1) is 5.92 Å². The molecule has 0 amide bonds. The van der Waals surface area contributed by atoms with Crippen molar-refractivity contribution in [3.8, 4) is 0 Å². The minimum absolute atomic E-state index is 0.00713. The summed E-state index contributed by atoms with van der Waals surface area (Å²) in [6.07, 6.45) is -0.153. The fraction of sp³-hybridized carbons (Fsp3) is 0.600. The van der Waals surface area contributed by atoms with Crippen molar-refractivity contribution < 1.29 is 27.8 Å². The normalized spacial score (nSPS) is 17.6. The topological polar surface area (TPSA) is 59.4 Å². The van der Waals surface area contributed by atoms with Crippen LogP contribution in [0.4, 0.5) is 13.2 Å². The Hall–Kier alpha value is -1.63. The third-order valence-corrected chi connectivity index (χ3v) is 3.82. The Kier molecular flexibility index (Phi) is 5.39. The predicted octanol–water partition coefficient (Wildman–Crippen LogP) is 3.30. The summed E-state index contributed by atoms with van der Waals surface area (Å²) in [6, 6.07) is 2.09. The van der Waals surface area contributed by atoms with Crippen molar-refractivity contribution in [1.82, 2.24) is 4.98 Å². The van der Waals surface area contributed by atoms with E-state index in [0.29, 0.717) is 18.1 Å². The van der Waals surface area contributed by atoms with Crippen LogP contribution in [-0.2, 0) is 22.1 Å². The van der Waals surface area contributed by atoms with E-state index in [1.807, 2.05) is 0 Å². The highest BCUT2D eigenvalue weighted by molar-refractivity contribution is 5.72. The summed E-state index contributed by atoms with van der Waals surface area (Å²) in [7, 11) is 0. The van der Waals surface area contributed by atoms with Gasteiger partial charge in [-0.2, -0.15) is 13.2 Å². The summed E-state index contributed by atoms with van der Waals surface area (Å²) in [5, 5.41) is 9.17. The van der Waals surface area contributed by atoms with Gasteiger partial charge < -0.3 is 9.84 Å². The number of aromatic nitrogens is 1. The van der Waals surface area contributed by atoms with E-state index in [4.69, 9.17) is 9.84 Å². The van der Waals surface area contributed by atoms with Crippen LogP contribution in [0.5, 0.6) is 0 Å². The number of alkyl halides is 3. The minimum atomic E-state index is -4.50. The van der Waals surface area contributed by atoms with Gasteiger partial charge in [-0.05, 0) is 30.4 Å². The van der Waals surface area contributed by atoms with Crippen molar-refractivity contribution in [3.05, 3.63) is 29.6 Å². The molecule has 1 atom stereocenters. The van der Waals surface area contributed by atoms with Crippen LogP contribution < -0.4 is 0 Å². The lowest BCUT2D eigenvalue weighted by atomic mass is 10.1. The van der Waals surface area contributed by atoms with Crippen molar-refractivity contribution in [2.75, 3.05) is 6.61 Å². The highest BCUT2D eigenvalue weighted by Crippen LogP contribution is 2.28. The van der Waals surface area contributed by atoms with E-state index in [1.165, 1.54) is 6.07 Å². The summed E-state index contributed by atoms with van der Waals surface area (Å²) >= 11 is 0. The summed E-state index contributed by atoms with van der Waals surface area (Å²) < 4.78 is 42.7. The molecule has 1 aromatic heterocycles. The first-order valence-electron chi connectivity index (χ1n) is 7.23. The average molecular weight is 317 g/mol. The molecule has 0 aliphatic heterocycles. The molecule has 1 heterocycles. The van der Waals surface area contributed by atoms with E-state index >= 15 is 0 Å². The zero-order chi connectivity index (χ0) is 16.2. The molecule has 0 saturated heterocycles. The van der Waals surface area contributed by atoms with Crippen LogP contribution in [0.15, 0.2) is 18.3 Å². The molecule has 4 nitrogen and oxygen atoms in total. The van der Waals surface area contributed by atoms with E-state index in [2.05, 4.69) is 4.98 Å². The molecule has 1 aliphatic carbocycles.